The van der Waals surface area contributed by atoms with Crippen LogP contribution in [0.2, 0.25) is 0 Å². The molecular formula is C22H21N7O5S3. The lowest BCUT2D eigenvalue weighted by Crippen LogP contribution is -2.71. The molecule has 2 atom stereocenters. The molecule has 4 N–H and O–H groups in total. The molecule has 2 amide bonds. The number of carbonyl (C=O) groups excluding carboxylic acids is 2. The van der Waals surface area contributed by atoms with Crippen LogP contribution in [-0.4, -0.2) is 77.4 Å². The van der Waals surface area contributed by atoms with Crippen molar-refractivity contribution < 1.29 is 24.3 Å². The molecule has 2 aliphatic heterocycles. The van der Waals surface area contributed by atoms with Crippen LogP contribution in [0.4, 0.5) is 5.13 Å². The zero-order valence-electron chi connectivity index (χ0n) is 19.1. The number of aromatic nitrogens is 3. The van der Waals surface area contributed by atoms with Gasteiger partial charge in [0.25, 0.3) is 11.8 Å². The number of pyridine rings is 1. The number of nitrogens with zero attached hydrogens (tertiary/aromatic N) is 5. The first-order valence-electron chi connectivity index (χ1n) is 10.7. The monoisotopic (exact) mass is 559 g/mol. The van der Waals surface area contributed by atoms with Crippen LogP contribution in [0.1, 0.15) is 11.5 Å². The second kappa shape index (κ2) is 12.0. The summed E-state index contributed by atoms with van der Waals surface area (Å²) in [7, 11) is 0. The Hall–Kier alpha value is -3.69. The summed E-state index contributed by atoms with van der Waals surface area (Å²) >= 11 is 3.65. The highest BCUT2D eigenvalue weighted by molar-refractivity contribution is 8.02. The van der Waals surface area contributed by atoms with Gasteiger partial charge in [0.2, 0.25) is 11.5 Å². The van der Waals surface area contributed by atoms with Crippen LogP contribution in [0.15, 0.2) is 58.9 Å². The van der Waals surface area contributed by atoms with Gasteiger partial charge >= 0.3 is 5.97 Å². The van der Waals surface area contributed by atoms with Crippen LogP contribution in [0.3, 0.4) is 0 Å². The molecule has 0 bridgehead atoms. The summed E-state index contributed by atoms with van der Waals surface area (Å²) in [4.78, 5) is 52.4. The Bertz CT molecular complexity index is 1290. The summed E-state index contributed by atoms with van der Waals surface area (Å²) in [6.07, 6.45) is 4.95. The first kappa shape index (κ1) is 26.4. The van der Waals surface area contributed by atoms with E-state index in [1.54, 1.807) is 6.20 Å². The SMILES string of the molecule is C=CCON=C(C(=O)NC1C(=O)N2C(C(=O)O)=C(CS/C=C\c3ccccn3)CS[C@@H]12)c1nsc(N)n1. The topological polar surface area (TPSA) is 173 Å². The zero-order chi connectivity index (χ0) is 26.4. The first-order valence-corrected chi connectivity index (χ1v) is 13.6. The quantitative estimate of drug-likeness (QED) is 0.120. The molecule has 2 aromatic heterocycles. The molecule has 37 heavy (non-hydrogen) atoms. The third-order valence-electron chi connectivity index (χ3n) is 5.03. The highest BCUT2D eigenvalue weighted by Crippen LogP contribution is 2.41. The third-order valence-corrected chi connectivity index (χ3v) is 7.76. The van der Waals surface area contributed by atoms with E-state index >= 15 is 0 Å². The van der Waals surface area contributed by atoms with E-state index in [1.165, 1.54) is 34.5 Å². The lowest BCUT2D eigenvalue weighted by molar-refractivity contribution is -0.150. The normalized spacial score (nSPS) is 19.4. The predicted octanol–water partition coefficient (Wildman–Crippen LogP) is 1.56. The van der Waals surface area contributed by atoms with E-state index in [0.29, 0.717) is 17.1 Å². The van der Waals surface area contributed by atoms with Crippen molar-refractivity contribution in [3.63, 3.8) is 0 Å². The molecule has 0 spiro atoms. The summed E-state index contributed by atoms with van der Waals surface area (Å²) in [5, 5.41) is 17.6. The maximum absolute atomic E-state index is 13.0. The number of fused-ring (bicyclic) bond motifs is 1. The van der Waals surface area contributed by atoms with Crippen LogP contribution in [0, 0.1) is 0 Å². The van der Waals surface area contributed by atoms with Crippen molar-refractivity contribution in [2.45, 2.75) is 11.4 Å². The van der Waals surface area contributed by atoms with Gasteiger partial charge in [-0.15, -0.1) is 23.5 Å². The molecule has 12 nitrogen and oxygen atoms in total. The molecule has 0 radical (unpaired) electrons. The van der Waals surface area contributed by atoms with Gasteiger partial charge in [0.15, 0.2) is 5.13 Å². The van der Waals surface area contributed by atoms with E-state index in [2.05, 4.69) is 31.4 Å². The highest BCUT2D eigenvalue weighted by atomic mass is 32.2. The lowest BCUT2D eigenvalue weighted by atomic mass is 10.0. The highest BCUT2D eigenvalue weighted by Gasteiger charge is 2.54. The number of nitrogens with two attached hydrogens (primary N) is 1. The van der Waals surface area contributed by atoms with Gasteiger partial charge in [-0.1, -0.05) is 23.9 Å². The lowest BCUT2D eigenvalue weighted by Gasteiger charge is -2.49. The number of rotatable bonds is 11. The van der Waals surface area contributed by atoms with Gasteiger partial charge in [-0.25, -0.2) is 4.79 Å². The van der Waals surface area contributed by atoms with Crippen LogP contribution in [-0.2, 0) is 19.2 Å². The van der Waals surface area contributed by atoms with Crippen LogP contribution in [0.5, 0.6) is 0 Å². The molecule has 2 aromatic rings. The average Bonchev–Trinajstić information content (AvgIpc) is 3.33. The molecule has 0 aromatic carbocycles. The molecule has 0 aliphatic carbocycles. The Balaban J connectivity index is 1.45. The minimum absolute atomic E-state index is 0.0373. The number of hydrogen-bond acceptors (Lipinski definition) is 12. The number of carbonyl (C=O) groups is 3. The maximum atomic E-state index is 13.0. The molecule has 1 unspecified atom stereocenters. The molecule has 15 heteroatoms. The Labute approximate surface area is 223 Å². The van der Waals surface area contributed by atoms with Gasteiger partial charge in [-0.2, -0.15) is 9.36 Å². The van der Waals surface area contributed by atoms with Crippen molar-refractivity contribution >= 4 is 69.8 Å². The van der Waals surface area contributed by atoms with Crippen molar-refractivity contribution in [1.82, 2.24) is 24.6 Å². The van der Waals surface area contributed by atoms with E-state index in [1.807, 2.05) is 29.7 Å². The largest absolute Gasteiger partial charge is 0.477 e. The fourth-order valence-electron chi connectivity index (χ4n) is 3.41. The van der Waals surface area contributed by atoms with Crippen molar-refractivity contribution in [3.05, 3.63) is 65.2 Å². The Morgan fingerprint density at radius 2 is 2.27 bits per heavy atom. The number of thioether (sulfide) groups is 2. The molecule has 4 heterocycles. The van der Waals surface area contributed by atoms with E-state index in [-0.39, 0.29) is 29.0 Å². The molecule has 2 aliphatic rings. The second-order valence-electron chi connectivity index (χ2n) is 7.47. The Morgan fingerprint density at radius 3 is 2.95 bits per heavy atom. The molecular weight excluding hydrogens is 538 g/mol. The van der Waals surface area contributed by atoms with E-state index in [9.17, 15) is 19.5 Å². The Morgan fingerprint density at radius 1 is 1.43 bits per heavy atom. The van der Waals surface area contributed by atoms with Gasteiger partial charge in [-0.05, 0) is 29.2 Å². The smallest absolute Gasteiger partial charge is 0.352 e. The van der Waals surface area contributed by atoms with E-state index in [0.717, 1.165) is 17.2 Å². The number of nitrogens with one attached hydrogen (secondary N) is 1. The molecule has 192 valence electrons. The summed E-state index contributed by atoms with van der Waals surface area (Å²) in [5.41, 5.74) is 6.70. The van der Waals surface area contributed by atoms with Gasteiger partial charge < -0.3 is 21.0 Å². The number of β-lactam (4-membered cyclic amide) rings is 1. The number of nitrogen functional groups attached to an aromatic ring is 1. The number of aliphatic carboxylic acids is 1. The van der Waals surface area contributed by atoms with Gasteiger partial charge in [-0.3, -0.25) is 19.5 Å². The van der Waals surface area contributed by atoms with Crippen molar-refractivity contribution in [2.75, 3.05) is 23.8 Å². The van der Waals surface area contributed by atoms with E-state index in [4.69, 9.17) is 10.6 Å². The van der Waals surface area contributed by atoms with E-state index < -0.39 is 29.2 Å². The molecule has 0 saturated carbocycles. The number of hydrogen-bond donors (Lipinski definition) is 3. The van der Waals surface area contributed by atoms with Crippen molar-refractivity contribution in [3.8, 4) is 0 Å². The fraction of sp³-hybridized carbons (Fsp3) is 0.227. The average molecular weight is 560 g/mol. The number of carboxylic acid groups (broad SMARTS) is 1. The number of carboxylic acids is 1. The summed E-state index contributed by atoms with van der Waals surface area (Å²) < 4.78 is 3.98. The fourth-order valence-corrected chi connectivity index (χ4v) is 6.10. The standard InChI is InChI=1S/C22H21N7O5S3/c1-2-8-34-27-14(17-26-22(23)37-28-17)18(30)25-15-19(31)29-16(21(32)33)12(11-36-20(15)29)10-35-9-6-13-5-3-4-7-24-13/h2-7,9,15,20H,1,8,10-11H2,(H,25,30)(H,32,33)(H2,23,26,28)/b9-6-,27-14?/t15?,20-/m0/s1. The maximum Gasteiger partial charge on any atom is 0.352 e. The number of anilines is 1. The van der Waals surface area contributed by atoms with Gasteiger partial charge in [0, 0.05) is 29.2 Å². The van der Waals surface area contributed by atoms with Crippen LogP contribution < -0.4 is 11.1 Å². The third kappa shape index (κ3) is 6.00. The molecule has 1 fully saturated rings. The summed E-state index contributed by atoms with van der Waals surface area (Å²) in [6.45, 7) is 3.55. The Kier molecular flexibility index (Phi) is 8.58. The van der Waals surface area contributed by atoms with Gasteiger partial charge in [0.1, 0.15) is 23.7 Å². The van der Waals surface area contributed by atoms with Crippen molar-refractivity contribution in [2.24, 2.45) is 5.16 Å². The minimum Gasteiger partial charge on any atom is -0.477 e. The first-order chi connectivity index (χ1) is 17.9. The van der Waals surface area contributed by atoms with Crippen molar-refractivity contribution in [1.29, 1.82) is 0 Å². The predicted molar refractivity (Wildman–Crippen MR) is 142 cm³/mol. The molecule has 1 saturated heterocycles. The second-order valence-corrected chi connectivity index (χ2v) is 10.2. The van der Waals surface area contributed by atoms with Gasteiger partial charge in [0.05, 0.1) is 5.69 Å². The number of oxime groups is 1. The van der Waals surface area contributed by atoms with Crippen LogP contribution in [0.25, 0.3) is 6.08 Å². The zero-order valence-corrected chi connectivity index (χ0v) is 21.6. The summed E-state index contributed by atoms with van der Waals surface area (Å²) in [5.74, 6) is -1.75. The number of amides is 2. The van der Waals surface area contributed by atoms with Crippen LogP contribution >= 0.6 is 35.1 Å². The summed E-state index contributed by atoms with van der Waals surface area (Å²) in [6, 6.07) is 4.59. The molecule has 4 rings (SSSR count). The minimum atomic E-state index is -1.20.